The molecule has 6 aromatic carbocycles. The maximum absolute atomic E-state index is 10.7. The van der Waals surface area contributed by atoms with Crippen LogP contribution in [0.4, 0.5) is 5.69 Å². The fraction of sp³-hybridized carbons (Fsp3) is 0.296. The minimum absolute atomic E-state index is 0.00313. The van der Waals surface area contributed by atoms with E-state index < -0.39 is 0 Å². The maximum Gasteiger partial charge on any atom is 0.197 e. The van der Waals surface area contributed by atoms with Gasteiger partial charge in [-0.1, -0.05) is 119 Å². The third-order valence-electron chi connectivity index (χ3n) is 12.0. The quantitative estimate of drug-likeness (QED) is 0.165. The van der Waals surface area contributed by atoms with Gasteiger partial charge in [-0.15, -0.1) is 0 Å². The molecular weight excluding hydrogens is 705 g/mol. The first-order valence-corrected chi connectivity index (χ1v) is 20.4. The zero-order valence-electron chi connectivity index (χ0n) is 36.2. The molecule has 0 N–H and O–H groups in total. The molecule has 2 aromatic heterocycles. The summed E-state index contributed by atoms with van der Waals surface area (Å²) < 4.78 is 4.57. The molecule has 8 rings (SSSR count). The minimum atomic E-state index is 0.00313. The first-order valence-electron chi connectivity index (χ1n) is 20.4. The minimum Gasteiger partial charge on any atom is -0.311 e. The average Bonchev–Trinajstić information content (AvgIpc) is 3.67. The Kier molecular flexibility index (Phi) is 8.84. The molecule has 0 aliphatic carbocycles. The maximum atomic E-state index is 10.7. The van der Waals surface area contributed by atoms with Gasteiger partial charge in [-0.05, 0) is 128 Å². The van der Waals surface area contributed by atoms with E-state index in [1.165, 1.54) is 43.8 Å². The van der Waals surface area contributed by atoms with Gasteiger partial charge in [0.1, 0.15) is 0 Å². The second-order valence-electron chi connectivity index (χ2n) is 20.3. The zero-order chi connectivity index (χ0) is 41.7. The van der Waals surface area contributed by atoms with E-state index in [9.17, 15) is 5.26 Å². The molecule has 0 radical (unpaired) electrons. The molecule has 0 saturated heterocycles. The van der Waals surface area contributed by atoms with E-state index in [1.54, 1.807) is 0 Å². The highest BCUT2D eigenvalue weighted by Crippen LogP contribution is 2.42. The molecule has 2 heterocycles. The molecule has 0 fully saturated rings. The Morgan fingerprint density at radius 1 is 0.431 bits per heavy atom. The van der Waals surface area contributed by atoms with Gasteiger partial charge in [0.2, 0.25) is 0 Å². The molecule has 58 heavy (non-hydrogen) atoms. The van der Waals surface area contributed by atoms with Crippen LogP contribution >= 0.6 is 0 Å². The third kappa shape index (κ3) is 6.46. The van der Waals surface area contributed by atoms with E-state index in [1.807, 2.05) is 24.3 Å². The van der Waals surface area contributed by atoms with E-state index >= 15 is 0 Å². The fourth-order valence-electron chi connectivity index (χ4n) is 8.45. The average molecular weight is 759 g/mol. The highest BCUT2D eigenvalue weighted by atomic mass is 15.0. The number of hydrogen-bond donors (Lipinski definition) is 0. The zero-order valence-corrected chi connectivity index (χ0v) is 36.2. The van der Waals surface area contributed by atoms with E-state index in [4.69, 9.17) is 6.57 Å². The van der Waals surface area contributed by atoms with Crippen molar-refractivity contribution in [2.45, 2.75) is 105 Å². The summed E-state index contributed by atoms with van der Waals surface area (Å²) >= 11 is 0. The molecule has 0 unspecified atom stereocenters. The summed E-state index contributed by atoms with van der Waals surface area (Å²) in [5.74, 6) is 0. The summed E-state index contributed by atoms with van der Waals surface area (Å²) in [6.07, 6.45) is 0. The predicted octanol–water partition coefficient (Wildman–Crippen LogP) is 15.2. The third-order valence-corrected chi connectivity index (χ3v) is 12.0. The van der Waals surface area contributed by atoms with Crippen LogP contribution < -0.4 is 0 Å². The summed E-state index contributed by atoms with van der Waals surface area (Å²) in [5.41, 5.74) is 14.0. The molecule has 4 heteroatoms. The van der Waals surface area contributed by atoms with Crippen molar-refractivity contribution in [1.82, 2.24) is 9.13 Å². The summed E-state index contributed by atoms with van der Waals surface area (Å²) in [4.78, 5) is 4.08. The molecule has 4 nitrogen and oxygen atoms in total. The molecule has 0 aliphatic heterocycles. The Morgan fingerprint density at radius 2 is 0.759 bits per heavy atom. The molecule has 0 bridgehead atoms. The van der Waals surface area contributed by atoms with Crippen LogP contribution in [0.15, 0.2) is 109 Å². The van der Waals surface area contributed by atoms with Crippen molar-refractivity contribution in [3.63, 3.8) is 0 Å². The molecular formula is C54H54N4. The van der Waals surface area contributed by atoms with Crippen LogP contribution in [0.3, 0.4) is 0 Å². The number of nitriles is 1. The Hall–Kier alpha value is -6.10. The number of rotatable bonds is 3. The van der Waals surface area contributed by atoms with Crippen molar-refractivity contribution in [3.8, 4) is 28.6 Å². The first-order chi connectivity index (χ1) is 27.2. The molecule has 0 aliphatic rings. The lowest BCUT2D eigenvalue weighted by molar-refractivity contribution is 0.590. The standard InChI is InChI=1S/C54H54N4/c1-51(2,3)34-14-22-47-42(27-34)43-28-35(52(4,5)6)15-23-48(43)57(47)38-18-20-40(33(26-38)32-55)41-21-19-39(31-46(41)56-13)58-49-24-16-36(53(7,8)9)29-44(49)45-30-37(54(10,11)12)17-25-50(45)58/h14-31H,1-12H3. The van der Waals surface area contributed by atoms with Gasteiger partial charge in [0.05, 0.1) is 40.3 Å². The monoisotopic (exact) mass is 758 g/mol. The van der Waals surface area contributed by atoms with E-state index in [-0.39, 0.29) is 21.7 Å². The molecule has 0 spiro atoms. The molecule has 0 atom stereocenters. The molecule has 8 aromatic rings. The Labute approximate surface area is 344 Å². The van der Waals surface area contributed by atoms with Crippen LogP contribution in [0.1, 0.15) is 111 Å². The van der Waals surface area contributed by atoms with Gasteiger partial charge in [0.15, 0.2) is 5.69 Å². The van der Waals surface area contributed by atoms with Gasteiger partial charge in [0, 0.05) is 32.9 Å². The number of fused-ring (bicyclic) bond motifs is 6. The summed E-state index contributed by atoms with van der Waals surface area (Å²) in [7, 11) is 0. The van der Waals surface area contributed by atoms with E-state index in [2.05, 4.69) is 188 Å². The summed E-state index contributed by atoms with van der Waals surface area (Å²) in [6, 6.07) is 41.9. The summed E-state index contributed by atoms with van der Waals surface area (Å²) in [6.45, 7) is 35.4. The van der Waals surface area contributed by atoms with Gasteiger partial charge in [-0.25, -0.2) is 4.85 Å². The number of benzene rings is 6. The highest BCUT2D eigenvalue weighted by Gasteiger charge is 2.24. The van der Waals surface area contributed by atoms with Crippen molar-refractivity contribution < 1.29 is 0 Å². The predicted molar refractivity (Wildman–Crippen MR) is 246 cm³/mol. The van der Waals surface area contributed by atoms with Crippen LogP contribution in [0, 0.1) is 17.9 Å². The van der Waals surface area contributed by atoms with Crippen molar-refractivity contribution in [1.29, 1.82) is 5.26 Å². The van der Waals surface area contributed by atoms with Crippen molar-refractivity contribution in [3.05, 3.63) is 148 Å². The lowest BCUT2D eigenvalue weighted by atomic mass is 9.85. The second-order valence-corrected chi connectivity index (χ2v) is 20.3. The van der Waals surface area contributed by atoms with Crippen LogP contribution in [0.5, 0.6) is 0 Å². The van der Waals surface area contributed by atoms with Gasteiger partial charge >= 0.3 is 0 Å². The smallest absolute Gasteiger partial charge is 0.197 e. The fourth-order valence-corrected chi connectivity index (χ4v) is 8.45. The van der Waals surface area contributed by atoms with Crippen molar-refractivity contribution in [2.24, 2.45) is 0 Å². The lowest BCUT2D eigenvalue weighted by Crippen LogP contribution is -2.10. The normalized spacial score (nSPS) is 12.8. The number of hydrogen-bond acceptors (Lipinski definition) is 1. The molecule has 0 saturated carbocycles. The second kappa shape index (κ2) is 13.2. The Bertz CT molecular complexity index is 2700. The van der Waals surface area contributed by atoms with Crippen LogP contribution in [0.25, 0.3) is 71.0 Å². The number of aromatic nitrogens is 2. The SMILES string of the molecule is [C-]#[N+]c1cc(-n2c3ccc(C(C)(C)C)cc3c3cc(C(C)(C)C)ccc32)ccc1-c1ccc(-n2c3ccc(C(C)(C)C)cc3c3cc(C(C)(C)C)ccc32)cc1C#N. The lowest BCUT2D eigenvalue weighted by Gasteiger charge is -2.19. The van der Waals surface area contributed by atoms with Gasteiger partial charge in [0.25, 0.3) is 0 Å². The van der Waals surface area contributed by atoms with Crippen molar-refractivity contribution in [2.75, 3.05) is 0 Å². The summed E-state index contributed by atoms with van der Waals surface area (Å²) in [5, 5.41) is 15.5. The van der Waals surface area contributed by atoms with E-state index in [0.29, 0.717) is 11.3 Å². The van der Waals surface area contributed by atoms with Gasteiger partial charge in [-0.2, -0.15) is 5.26 Å². The van der Waals surface area contributed by atoms with Gasteiger partial charge in [-0.3, -0.25) is 0 Å². The topological polar surface area (TPSA) is 38.0 Å². The van der Waals surface area contributed by atoms with E-state index in [0.717, 1.165) is 44.6 Å². The Balaban J connectivity index is 1.29. The largest absolute Gasteiger partial charge is 0.311 e. The molecule has 290 valence electrons. The van der Waals surface area contributed by atoms with Crippen LogP contribution in [-0.4, -0.2) is 9.13 Å². The number of nitrogens with zero attached hydrogens (tertiary/aromatic N) is 4. The van der Waals surface area contributed by atoms with Crippen molar-refractivity contribution >= 4 is 49.3 Å². The van der Waals surface area contributed by atoms with Crippen LogP contribution in [0.2, 0.25) is 0 Å². The molecule has 0 amide bonds. The van der Waals surface area contributed by atoms with Gasteiger partial charge < -0.3 is 9.13 Å². The first kappa shape index (κ1) is 38.8. The Morgan fingerprint density at radius 3 is 1.07 bits per heavy atom. The highest BCUT2D eigenvalue weighted by molar-refractivity contribution is 6.11. The van der Waals surface area contributed by atoms with Crippen LogP contribution in [-0.2, 0) is 21.7 Å².